The summed E-state index contributed by atoms with van der Waals surface area (Å²) in [6.45, 7) is 1.88. The van der Waals surface area contributed by atoms with Crippen LogP contribution < -0.4 is 0 Å². The number of hydrogen-bond donors (Lipinski definition) is 0. The second kappa shape index (κ2) is 5.33. The molecule has 16 heavy (non-hydrogen) atoms. The van der Waals surface area contributed by atoms with Crippen molar-refractivity contribution in [3.63, 3.8) is 0 Å². The average Bonchev–Trinajstić information content (AvgIpc) is 2.54. The molecule has 0 atom stereocenters. The van der Waals surface area contributed by atoms with Gasteiger partial charge in [-0.3, -0.25) is 4.79 Å². The van der Waals surface area contributed by atoms with E-state index in [1.807, 2.05) is 13.0 Å². The molecule has 0 radical (unpaired) electrons. The van der Waals surface area contributed by atoms with Gasteiger partial charge in [-0.2, -0.15) is 0 Å². The standard InChI is InChI=1S/C14H20O2/c1-11-8-9-14(16-11)13(15)10-12-6-4-2-3-5-7-12/h8-9,12H,2-7,10H2,1H3. The second-order valence-electron chi connectivity index (χ2n) is 4.90. The van der Waals surface area contributed by atoms with Crippen molar-refractivity contribution in [2.45, 2.75) is 51.9 Å². The van der Waals surface area contributed by atoms with Crippen LogP contribution in [0.25, 0.3) is 0 Å². The predicted molar refractivity (Wildman–Crippen MR) is 63.6 cm³/mol. The van der Waals surface area contributed by atoms with Gasteiger partial charge in [0.2, 0.25) is 0 Å². The highest BCUT2D eigenvalue weighted by molar-refractivity contribution is 5.93. The summed E-state index contributed by atoms with van der Waals surface area (Å²) in [5.41, 5.74) is 0. The highest BCUT2D eigenvalue weighted by atomic mass is 16.3. The molecule has 0 unspecified atom stereocenters. The molecule has 1 heterocycles. The van der Waals surface area contributed by atoms with Crippen LogP contribution in [-0.2, 0) is 0 Å². The van der Waals surface area contributed by atoms with Gasteiger partial charge in [-0.05, 0) is 25.0 Å². The fourth-order valence-corrected chi connectivity index (χ4v) is 2.52. The minimum Gasteiger partial charge on any atom is -0.458 e. The Morgan fingerprint density at radius 3 is 2.50 bits per heavy atom. The number of furan rings is 1. The van der Waals surface area contributed by atoms with Gasteiger partial charge < -0.3 is 4.42 Å². The van der Waals surface area contributed by atoms with Crippen molar-refractivity contribution in [1.29, 1.82) is 0 Å². The summed E-state index contributed by atoms with van der Waals surface area (Å²) in [7, 11) is 0. The molecule has 0 amide bonds. The fraction of sp³-hybridized carbons (Fsp3) is 0.643. The van der Waals surface area contributed by atoms with Gasteiger partial charge in [0.1, 0.15) is 5.76 Å². The molecule has 0 aromatic carbocycles. The Balaban J connectivity index is 1.90. The van der Waals surface area contributed by atoms with E-state index in [2.05, 4.69) is 0 Å². The highest BCUT2D eigenvalue weighted by Gasteiger charge is 2.18. The predicted octanol–water partition coefficient (Wildman–Crippen LogP) is 4.13. The maximum atomic E-state index is 11.9. The quantitative estimate of drug-likeness (QED) is 0.566. The maximum Gasteiger partial charge on any atom is 0.198 e. The molecule has 2 rings (SSSR count). The van der Waals surface area contributed by atoms with Gasteiger partial charge in [-0.25, -0.2) is 0 Å². The third kappa shape index (κ3) is 2.97. The topological polar surface area (TPSA) is 30.2 Å². The zero-order valence-corrected chi connectivity index (χ0v) is 10.00. The van der Waals surface area contributed by atoms with Gasteiger partial charge in [0.25, 0.3) is 0 Å². The summed E-state index contributed by atoms with van der Waals surface area (Å²) < 4.78 is 5.37. The van der Waals surface area contributed by atoms with Crippen LogP contribution >= 0.6 is 0 Å². The molecule has 88 valence electrons. The zero-order valence-electron chi connectivity index (χ0n) is 10.00. The Kier molecular flexibility index (Phi) is 3.81. The minimum absolute atomic E-state index is 0.181. The first-order chi connectivity index (χ1) is 7.75. The number of carbonyl (C=O) groups is 1. The molecular formula is C14H20O2. The molecule has 0 spiro atoms. The molecule has 1 aromatic rings. The van der Waals surface area contributed by atoms with E-state index in [1.54, 1.807) is 6.07 Å². The fourth-order valence-electron chi connectivity index (χ4n) is 2.52. The molecular weight excluding hydrogens is 200 g/mol. The third-order valence-electron chi connectivity index (χ3n) is 3.46. The van der Waals surface area contributed by atoms with Crippen LogP contribution in [0.15, 0.2) is 16.5 Å². The first kappa shape index (κ1) is 11.4. The van der Waals surface area contributed by atoms with Crippen LogP contribution in [0, 0.1) is 12.8 Å². The van der Waals surface area contributed by atoms with E-state index in [0.717, 1.165) is 5.76 Å². The number of rotatable bonds is 3. The van der Waals surface area contributed by atoms with Crippen LogP contribution in [-0.4, -0.2) is 5.78 Å². The molecule has 1 aromatic heterocycles. The van der Waals surface area contributed by atoms with Gasteiger partial charge in [-0.15, -0.1) is 0 Å². The summed E-state index contributed by atoms with van der Waals surface area (Å²) >= 11 is 0. The summed E-state index contributed by atoms with van der Waals surface area (Å²) in [6, 6.07) is 3.66. The molecule has 0 saturated heterocycles. The number of hydrogen-bond acceptors (Lipinski definition) is 2. The molecule has 0 N–H and O–H groups in total. The van der Waals surface area contributed by atoms with Crippen molar-refractivity contribution in [3.05, 3.63) is 23.7 Å². The number of carbonyl (C=O) groups excluding carboxylic acids is 1. The lowest BCUT2D eigenvalue weighted by Crippen LogP contribution is -2.07. The van der Waals surface area contributed by atoms with Gasteiger partial charge in [0, 0.05) is 6.42 Å². The van der Waals surface area contributed by atoms with Crippen molar-refractivity contribution >= 4 is 5.78 Å². The van der Waals surface area contributed by atoms with Crippen LogP contribution in [0.4, 0.5) is 0 Å². The third-order valence-corrected chi connectivity index (χ3v) is 3.46. The van der Waals surface area contributed by atoms with E-state index in [1.165, 1.54) is 38.5 Å². The zero-order chi connectivity index (χ0) is 11.4. The average molecular weight is 220 g/mol. The van der Waals surface area contributed by atoms with Crippen molar-refractivity contribution < 1.29 is 9.21 Å². The lowest BCUT2D eigenvalue weighted by Gasteiger charge is -2.11. The maximum absolute atomic E-state index is 11.9. The monoisotopic (exact) mass is 220 g/mol. The Labute approximate surface area is 97.0 Å². The van der Waals surface area contributed by atoms with E-state index in [9.17, 15) is 4.79 Å². The van der Waals surface area contributed by atoms with Gasteiger partial charge in [0.05, 0.1) is 0 Å². The largest absolute Gasteiger partial charge is 0.458 e. The van der Waals surface area contributed by atoms with Crippen LogP contribution in [0.1, 0.15) is 61.3 Å². The number of ketones is 1. The summed E-state index contributed by atoms with van der Waals surface area (Å²) in [5.74, 6) is 2.13. The van der Waals surface area contributed by atoms with Crippen molar-refractivity contribution in [2.24, 2.45) is 5.92 Å². The first-order valence-electron chi connectivity index (χ1n) is 6.35. The molecule has 2 heteroatoms. The Morgan fingerprint density at radius 1 is 1.25 bits per heavy atom. The summed E-state index contributed by atoms with van der Waals surface area (Å²) in [4.78, 5) is 11.9. The van der Waals surface area contributed by atoms with E-state index in [-0.39, 0.29) is 5.78 Å². The van der Waals surface area contributed by atoms with Crippen molar-refractivity contribution in [2.75, 3.05) is 0 Å². The normalized spacial score (nSPS) is 18.3. The van der Waals surface area contributed by atoms with Crippen LogP contribution in [0.5, 0.6) is 0 Å². The lowest BCUT2D eigenvalue weighted by atomic mass is 9.94. The Hall–Kier alpha value is -1.05. The number of aryl methyl sites for hydroxylation is 1. The van der Waals surface area contributed by atoms with Gasteiger partial charge >= 0.3 is 0 Å². The van der Waals surface area contributed by atoms with Crippen LogP contribution in [0.2, 0.25) is 0 Å². The van der Waals surface area contributed by atoms with Gasteiger partial charge in [-0.1, -0.05) is 38.5 Å². The lowest BCUT2D eigenvalue weighted by molar-refractivity contribution is 0.0928. The second-order valence-corrected chi connectivity index (χ2v) is 4.90. The van der Waals surface area contributed by atoms with Crippen molar-refractivity contribution in [3.8, 4) is 0 Å². The summed E-state index contributed by atoms with van der Waals surface area (Å²) in [6.07, 6.45) is 8.35. The minimum atomic E-state index is 0.181. The first-order valence-corrected chi connectivity index (χ1v) is 6.35. The molecule has 0 bridgehead atoms. The number of Topliss-reactive ketones (excluding diaryl/α,β-unsaturated/α-hetero) is 1. The molecule has 2 nitrogen and oxygen atoms in total. The smallest absolute Gasteiger partial charge is 0.198 e. The summed E-state index contributed by atoms with van der Waals surface area (Å²) in [5, 5.41) is 0. The van der Waals surface area contributed by atoms with E-state index in [0.29, 0.717) is 18.1 Å². The van der Waals surface area contributed by atoms with Gasteiger partial charge in [0.15, 0.2) is 11.5 Å². The molecule has 1 aliphatic carbocycles. The van der Waals surface area contributed by atoms with Crippen LogP contribution in [0.3, 0.4) is 0 Å². The van der Waals surface area contributed by atoms with E-state index < -0.39 is 0 Å². The SMILES string of the molecule is Cc1ccc(C(=O)CC2CCCCCC2)o1. The highest BCUT2D eigenvalue weighted by Crippen LogP contribution is 2.26. The molecule has 1 saturated carbocycles. The van der Waals surface area contributed by atoms with E-state index >= 15 is 0 Å². The molecule has 1 fully saturated rings. The molecule has 0 aliphatic heterocycles. The van der Waals surface area contributed by atoms with E-state index in [4.69, 9.17) is 4.42 Å². The molecule has 1 aliphatic rings. The Bertz CT molecular complexity index is 343. The Morgan fingerprint density at radius 2 is 1.94 bits per heavy atom. The van der Waals surface area contributed by atoms with Crippen molar-refractivity contribution in [1.82, 2.24) is 0 Å².